The van der Waals surface area contributed by atoms with Gasteiger partial charge in [0.05, 0.1) is 10.8 Å². The zero-order valence-corrected chi connectivity index (χ0v) is 23.4. The quantitative estimate of drug-likeness (QED) is 0.256. The van der Waals surface area contributed by atoms with E-state index in [2.05, 4.69) is 56.6 Å². The van der Waals surface area contributed by atoms with Crippen LogP contribution in [0, 0.1) is 11.7 Å². The summed E-state index contributed by atoms with van der Waals surface area (Å²) in [6, 6.07) is 4.94. The molecule has 1 aromatic heterocycles. The molecule has 1 aliphatic rings. The van der Waals surface area contributed by atoms with Crippen molar-refractivity contribution >= 4 is 34.3 Å². The fraction of sp³-hybridized carbons (Fsp3) is 0.654. The van der Waals surface area contributed by atoms with Gasteiger partial charge in [-0.25, -0.2) is 4.39 Å². The molecule has 1 fully saturated rings. The number of halogens is 1. The van der Waals surface area contributed by atoms with Crippen molar-refractivity contribution in [3.63, 3.8) is 0 Å². The average molecular weight is 536 g/mol. The molecule has 206 valence electrons. The number of rotatable bonds is 16. The minimum absolute atomic E-state index is 0.0511. The van der Waals surface area contributed by atoms with Crippen LogP contribution in [-0.4, -0.2) is 68.5 Å². The molecule has 3 atom stereocenters. The van der Waals surface area contributed by atoms with E-state index in [9.17, 15) is 8.60 Å². The normalized spacial score (nSPS) is 17.4. The number of hydrogen-bond acceptors (Lipinski definition) is 9. The highest BCUT2D eigenvalue weighted by molar-refractivity contribution is 7.84. The van der Waals surface area contributed by atoms with E-state index in [0.29, 0.717) is 35.5 Å². The molecule has 3 N–H and O–H groups in total. The Hall–Kier alpha value is -2.53. The van der Waals surface area contributed by atoms with Crippen molar-refractivity contribution in [1.82, 2.24) is 19.9 Å². The molecule has 3 unspecified atom stereocenters. The number of anilines is 4. The van der Waals surface area contributed by atoms with Crippen molar-refractivity contribution in [3.05, 3.63) is 24.0 Å². The predicted molar refractivity (Wildman–Crippen MR) is 150 cm³/mol. The van der Waals surface area contributed by atoms with Gasteiger partial charge in [0.25, 0.3) is 0 Å². The number of hydrogen-bond donors (Lipinski definition) is 3. The highest BCUT2D eigenvalue weighted by atomic mass is 32.2. The lowest BCUT2D eigenvalue weighted by Gasteiger charge is -2.23. The first-order valence-corrected chi connectivity index (χ1v) is 15.1. The molecular formula is C26H42FN7O2S. The van der Waals surface area contributed by atoms with Crippen LogP contribution in [-0.2, 0) is 10.8 Å². The summed E-state index contributed by atoms with van der Waals surface area (Å²) < 4.78 is 31.0. The van der Waals surface area contributed by atoms with Gasteiger partial charge in [0.15, 0.2) is 17.5 Å². The Morgan fingerprint density at radius 3 is 2.62 bits per heavy atom. The van der Waals surface area contributed by atoms with Gasteiger partial charge in [-0.1, -0.05) is 40.0 Å². The molecule has 0 spiro atoms. The number of ether oxygens (including phenoxy) is 1. The van der Waals surface area contributed by atoms with Crippen LogP contribution in [0.5, 0.6) is 5.75 Å². The minimum atomic E-state index is -1.18. The van der Waals surface area contributed by atoms with Gasteiger partial charge in [0, 0.05) is 37.1 Å². The van der Waals surface area contributed by atoms with Gasteiger partial charge in [-0.15, -0.1) is 0 Å². The Morgan fingerprint density at radius 1 is 1.16 bits per heavy atom. The number of aromatic nitrogens is 3. The summed E-state index contributed by atoms with van der Waals surface area (Å²) in [5, 5.41) is 9.83. The lowest BCUT2D eigenvalue weighted by atomic mass is 10.0. The Labute approximate surface area is 222 Å². The van der Waals surface area contributed by atoms with Crippen LogP contribution in [0.25, 0.3) is 0 Å². The first-order valence-electron chi connectivity index (χ1n) is 13.3. The molecule has 1 aromatic carbocycles. The maximum atomic E-state index is 14.5. The van der Waals surface area contributed by atoms with Crippen LogP contribution in [0.4, 0.5) is 27.9 Å². The van der Waals surface area contributed by atoms with Gasteiger partial charge in [0.2, 0.25) is 17.8 Å². The minimum Gasteiger partial charge on any atom is -0.477 e. The van der Waals surface area contributed by atoms with Crippen LogP contribution >= 0.6 is 0 Å². The van der Waals surface area contributed by atoms with Crippen LogP contribution in [0.3, 0.4) is 0 Å². The number of likely N-dealkylation sites (tertiary alicyclic amines) is 1. The number of nitrogens with one attached hydrogen (secondary N) is 3. The van der Waals surface area contributed by atoms with E-state index in [1.807, 2.05) is 0 Å². The summed E-state index contributed by atoms with van der Waals surface area (Å²) in [6.45, 7) is 10.3. The monoisotopic (exact) mass is 535 g/mol. The second-order valence-corrected chi connectivity index (χ2v) is 11.1. The summed E-state index contributed by atoms with van der Waals surface area (Å²) in [5.74, 6) is 1.21. The maximum absolute atomic E-state index is 14.5. The van der Waals surface area contributed by atoms with Crippen LogP contribution < -0.4 is 20.7 Å². The molecule has 9 nitrogen and oxygen atoms in total. The van der Waals surface area contributed by atoms with Crippen LogP contribution in [0.15, 0.2) is 18.2 Å². The molecule has 1 aliphatic heterocycles. The van der Waals surface area contributed by atoms with E-state index >= 15 is 0 Å². The van der Waals surface area contributed by atoms with Crippen LogP contribution in [0.2, 0.25) is 0 Å². The Kier molecular flexibility index (Phi) is 11.8. The first kappa shape index (κ1) is 29.0. The smallest absolute Gasteiger partial charge is 0.233 e. The summed E-state index contributed by atoms with van der Waals surface area (Å²) >= 11 is 0. The lowest BCUT2D eigenvalue weighted by Crippen LogP contribution is -2.35. The standard InChI is InChI=1S/C26H42FN7O2S/c1-5-7-8-10-19(3)16-28-24-31-25(29-17-21-11-9-14-34(21)6-2)33-26(32-24)30-20-12-13-23(22(27)15-20)36-18-37(4)35/h12-13,15,19,21H,5-11,14,16-18H2,1-4H3,(H3,28,29,30,31,32,33). The molecule has 0 bridgehead atoms. The third-order valence-electron chi connectivity index (χ3n) is 6.51. The zero-order chi connectivity index (χ0) is 26.6. The molecule has 1 saturated heterocycles. The van der Waals surface area contributed by atoms with Crippen LogP contribution in [0.1, 0.15) is 59.3 Å². The first-order chi connectivity index (χ1) is 17.9. The van der Waals surface area contributed by atoms with E-state index in [4.69, 9.17) is 4.74 Å². The molecule has 37 heavy (non-hydrogen) atoms. The summed E-state index contributed by atoms with van der Waals surface area (Å²) in [4.78, 5) is 16.1. The van der Waals surface area contributed by atoms with Crippen molar-refractivity contribution in [2.45, 2.75) is 65.3 Å². The fourth-order valence-corrected chi connectivity index (χ4v) is 4.72. The average Bonchev–Trinajstić information content (AvgIpc) is 3.33. The Morgan fingerprint density at radius 2 is 1.92 bits per heavy atom. The molecule has 3 rings (SSSR count). The number of unbranched alkanes of at least 4 members (excludes halogenated alkanes) is 2. The van der Waals surface area contributed by atoms with Gasteiger partial charge >= 0.3 is 0 Å². The van der Waals surface area contributed by atoms with Crippen molar-refractivity contribution in [1.29, 1.82) is 0 Å². The van der Waals surface area contributed by atoms with E-state index in [0.717, 1.165) is 39.0 Å². The fourth-order valence-electron chi connectivity index (χ4n) is 4.42. The van der Waals surface area contributed by atoms with Gasteiger partial charge in [-0.2, -0.15) is 15.0 Å². The third-order valence-corrected chi connectivity index (χ3v) is 6.96. The molecule has 0 aliphatic carbocycles. The molecule has 0 amide bonds. The molecule has 11 heteroatoms. The summed E-state index contributed by atoms with van der Waals surface area (Å²) in [6.07, 6.45) is 8.67. The Bertz CT molecular complexity index is 1010. The van der Waals surface area contributed by atoms with Crippen molar-refractivity contribution in [2.75, 3.05) is 54.3 Å². The second kappa shape index (κ2) is 15.0. The zero-order valence-electron chi connectivity index (χ0n) is 22.6. The predicted octanol–water partition coefficient (Wildman–Crippen LogP) is 4.99. The van der Waals surface area contributed by atoms with Gasteiger partial charge < -0.3 is 20.7 Å². The SMILES string of the molecule is CCCCCC(C)CNc1nc(NCC2CCCN2CC)nc(Nc2ccc(OCS(C)=O)c(F)c2)n1. The van der Waals surface area contributed by atoms with Gasteiger partial charge in [0.1, 0.15) is 0 Å². The lowest BCUT2D eigenvalue weighted by molar-refractivity contribution is 0.277. The van der Waals surface area contributed by atoms with Gasteiger partial charge in [-0.3, -0.25) is 9.11 Å². The summed E-state index contributed by atoms with van der Waals surface area (Å²) in [5.41, 5.74) is 0.478. The number of nitrogens with zero attached hydrogens (tertiary/aromatic N) is 4. The molecule has 0 saturated carbocycles. The summed E-state index contributed by atoms with van der Waals surface area (Å²) in [7, 11) is -1.18. The van der Waals surface area contributed by atoms with Crippen molar-refractivity contribution in [3.8, 4) is 5.75 Å². The topological polar surface area (TPSA) is 104 Å². The van der Waals surface area contributed by atoms with E-state index in [1.165, 1.54) is 44.1 Å². The second-order valence-electron chi connectivity index (χ2n) is 9.70. The number of likely N-dealkylation sites (N-methyl/N-ethyl adjacent to an activating group) is 1. The maximum Gasteiger partial charge on any atom is 0.233 e. The third kappa shape index (κ3) is 9.70. The van der Waals surface area contributed by atoms with Crippen molar-refractivity contribution < 1.29 is 13.3 Å². The van der Waals surface area contributed by atoms with E-state index < -0.39 is 16.6 Å². The molecule has 0 radical (unpaired) electrons. The van der Waals surface area contributed by atoms with E-state index in [1.54, 1.807) is 6.07 Å². The van der Waals surface area contributed by atoms with E-state index in [-0.39, 0.29) is 11.7 Å². The van der Waals surface area contributed by atoms with Crippen molar-refractivity contribution in [2.24, 2.45) is 5.92 Å². The molecular weight excluding hydrogens is 493 g/mol. The highest BCUT2D eigenvalue weighted by Gasteiger charge is 2.23. The highest BCUT2D eigenvalue weighted by Crippen LogP contribution is 2.24. The largest absolute Gasteiger partial charge is 0.477 e. The van der Waals surface area contributed by atoms with Gasteiger partial charge in [-0.05, 0) is 50.4 Å². The number of benzene rings is 1. The molecule has 2 heterocycles. The molecule has 2 aromatic rings. The Balaban J connectivity index is 1.71.